The molecule has 0 spiro atoms. The number of nitrogens with zero attached hydrogens (tertiary/aromatic N) is 4. The van der Waals surface area contributed by atoms with Crippen molar-refractivity contribution in [3.8, 4) is 0 Å². The first-order valence-corrected chi connectivity index (χ1v) is 11.0. The maximum atomic E-state index is 12.8. The molecule has 4 heterocycles. The second-order valence-electron chi connectivity index (χ2n) is 8.11. The van der Waals surface area contributed by atoms with Gasteiger partial charge in [0.15, 0.2) is 0 Å². The summed E-state index contributed by atoms with van der Waals surface area (Å²) in [6.07, 6.45) is 6.03. The van der Waals surface area contributed by atoms with E-state index in [0.29, 0.717) is 42.1 Å². The van der Waals surface area contributed by atoms with Gasteiger partial charge in [-0.05, 0) is 31.0 Å². The summed E-state index contributed by atoms with van der Waals surface area (Å²) < 4.78 is 1.81. The Balaban J connectivity index is 1.28. The number of hydrogen-bond acceptors (Lipinski definition) is 5. The molecule has 3 amide bonds. The van der Waals surface area contributed by atoms with E-state index in [0.717, 1.165) is 5.82 Å². The average molecular weight is 466 g/mol. The molecule has 5 rings (SSSR count). The zero-order chi connectivity index (χ0) is 23.1. The van der Waals surface area contributed by atoms with Gasteiger partial charge in [-0.25, -0.2) is 4.98 Å². The van der Waals surface area contributed by atoms with Crippen LogP contribution in [0.2, 0.25) is 5.02 Å². The van der Waals surface area contributed by atoms with Crippen molar-refractivity contribution in [2.45, 2.75) is 25.4 Å². The van der Waals surface area contributed by atoms with Gasteiger partial charge in [0.05, 0.1) is 16.1 Å². The second kappa shape index (κ2) is 8.32. The number of halogens is 1. The Morgan fingerprint density at radius 1 is 1.09 bits per heavy atom. The first-order valence-electron chi connectivity index (χ1n) is 10.6. The summed E-state index contributed by atoms with van der Waals surface area (Å²) in [5, 5.41) is 0.294. The lowest BCUT2D eigenvalue weighted by Gasteiger charge is -2.32. The van der Waals surface area contributed by atoms with Gasteiger partial charge < -0.3 is 14.5 Å². The number of benzene rings is 1. The molecule has 2 aromatic heterocycles. The van der Waals surface area contributed by atoms with E-state index < -0.39 is 5.56 Å². The van der Waals surface area contributed by atoms with Crippen molar-refractivity contribution < 1.29 is 14.4 Å². The third-order valence-electron chi connectivity index (χ3n) is 6.17. The van der Waals surface area contributed by atoms with E-state index in [1.165, 1.54) is 17.2 Å². The molecule has 1 fully saturated rings. The number of fused-ring (bicyclic) bond motifs is 1. The summed E-state index contributed by atoms with van der Waals surface area (Å²) >= 11 is 5.92. The van der Waals surface area contributed by atoms with Crippen LogP contribution in [0.15, 0.2) is 53.7 Å². The molecule has 9 nitrogen and oxygen atoms in total. The smallest absolute Gasteiger partial charge is 0.263 e. The number of amides is 3. The Morgan fingerprint density at radius 3 is 2.42 bits per heavy atom. The molecule has 3 aromatic rings. The van der Waals surface area contributed by atoms with Crippen molar-refractivity contribution in [1.29, 1.82) is 0 Å². The monoisotopic (exact) mass is 465 g/mol. The molecular weight excluding hydrogens is 446 g/mol. The Kier molecular flexibility index (Phi) is 5.33. The van der Waals surface area contributed by atoms with Gasteiger partial charge in [-0.15, -0.1) is 0 Å². The largest absolute Gasteiger partial charge is 0.338 e. The van der Waals surface area contributed by atoms with Gasteiger partial charge in [-0.2, -0.15) is 0 Å². The molecule has 1 saturated heterocycles. The number of rotatable bonds is 4. The maximum absolute atomic E-state index is 12.8. The van der Waals surface area contributed by atoms with Gasteiger partial charge in [0.2, 0.25) is 0 Å². The highest BCUT2D eigenvalue weighted by Crippen LogP contribution is 2.29. The Labute approximate surface area is 193 Å². The minimum absolute atomic E-state index is 0.0214. The van der Waals surface area contributed by atoms with Crippen LogP contribution in [-0.4, -0.2) is 55.1 Å². The fourth-order valence-corrected chi connectivity index (χ4v) is 4.61. The number of likely N-dealkylation sites (tertiary alicyclic amines) is 1. The van der Waals surface area contributed by atoms with E-state index in [9.17, 15) is 19.2 Å². The highest BCUT2D eigenvalue weighted by Gasteiger charge is 2.36. The van der Waals surface area contributed by atoms with Crippen LogP contribution in [-0.2, 0) is 6.67 Å². The molecule has 168 valence electrons. The summed E-state index contributed by atoms with van der Waals surface area (Å²) in [5.41, 5.74) is 0.370. The van der Waals surface area contributed by atoms with Crippen LogP contribution in [0.5, 0.6) is 0 Å². The van der Waals surface area contributed by atoms with E-state index in [2.05, 4.69) is 9.97 Å². The lowest BCUT2D eigenvalue weighted by Crippen LogP contribution is -2.40. The molecule has 2 aliphatic heterocycles. The van der Waals surface area contributed by atoms with Crippen molar-refractivity contribution in [3.63, 3.8) is 0 Å². The number of piperidine rings is 1. The lowest BCUT2D eigenvalue weighted by molar-refractivity contribution is 0.0597. The van der Waals surface area contributed by atoms with Crippen LogP contribution in [0.4, 0.5) is 0 Å². The first-order chi connectivity index (χ1) is 15.9. The molecule has 0 unspecified atom stereocenters. The third kappa shape index (κ3) is 3.74. The molecule has 0 atom stereocenters. The molecular formula is C23H20ClN5O4. The molecule has 33 heavy (non-hydrogen) atoms. The van der Waals surface area contributed by atoms with Gasteiger partial charge in [0.1, 0.15) is 18.1 Å². The number of carbonyl (C=O) groups excluding carboxylic acids is 3. The fourth-order valence-electron chi connectivity index (χ4n) is 4.45. The fraction of sp³-hybridized carbons (Fsp3) is 0.261. The van der Waals surface area contributed by atoms with Gasteiger partial charge in [0, 0.05) is 37.6 Å². The summed E-state index contributed by atoms with van der Waals surface area (Å²) in [5.74, 6) is -0.174. The SMILES string of the molecule is O=C(c1cc(Cl)c[nH]c1=O)N1CCC(c2nccn2CN2C(=O)c3ccccc3C2=O)CC1. The minimum Gasteiger partial charge on any atom is -0.338 e. The maximum Gasteiger partial charge on any atom is 0.263 e. The summed E-state index contributed by atoms with van der Waals surface area (Å²) in [7, 11) is 0. The Hall–Kier alpha value is -3.72. The van der Waals surface area contributed by atoms with Crippen molar-refractivity contribution in [3.05, 3.63) is 86.8 Å². The molecule has 1 aromatic carbocycles. The number of carbonyl (C=O) groups is 3. The summed E-state index contributed by atoms with van der Waals surface area (Å²) in [6, 6.07) is 8.17. The van der Waals surface area contributed by atoms with Crippen molar-refractivity contribution in [1.82, 2.24) is 24.3 Å². The molecule has 0 radical (unpaired) electrons. The van der Waals surface area contributed by atoms with Crippen molar-refractivity contribution >= 4 is 29.3 Å². The highest BCUT2D eigenvalue weighted by atomic mass is 35.5. The van der Waals surface area contributed by atoms with E-state index in [1.54, 1.807) is 41.6 Å². The van der Waals surface area contributed by atoms with E-state index in [1.807, 2.05) is 4.57 Å². The molecule has 0 bridgehead atoms. The average Bonchev–Trinajstić information content (AvgIpc) is 3.39. The standard InChI is InChI=1S/C23H20ClN5O4/c24-15-11-18(20(30)26-12-15)21(31)27-8-5-14(6-9-27)19-25-7-10-28(19)13-29-22(32)16-3-1-2-4-17(16)23(29)33/h1-4,7,10-12,14H,5-6,8-9,13H2,(H,26,30). The first kappa shape index (κ1) is 21.1. The third-order valence-corrected chi connectivity index (χ3v) is 6.38. The second-order valence-corrected chi connectivity index (χ2v) is 8.54. The van der Waals surface area contributed by atoms with E-state index in [-0.39, 0.29) is 35.9 Å². The van der Waals surface area contributed by atoms with Crippen LogP contribution in [0.1, 0.15) is 55.7 Å². The van der Waals surface area contributed by atoms with E-state index >= 15 is 0 Å². The number of hydrogen-bond donors (Lipinski definition) is 1. The number of H-pyrrole nitrogens is 1. The van der Waals surface area contributed by atoms with Crippen molar-refractivity contribution in [2.24, 2.45) is 0 Å². The van der Waals surface area contributed by atoms with Crippen LogP contribution in [0.3, 0.4) is 0 Å². The Bertz CT molecular complexity index is 1290. The zero-order valence-electron chi connectivity index (χ0n) is 17.5. The number of imide groups is 1. The quantitative estimate of drug-likeness (QED) is 0.595. The van der Waals surface area contributed by atoms with Crippen LogP contribution < -0.4 is 5.56 Å². The topological polar surface area (TPSA) is 108 Å². The number of imidazole rings is 1. The van der Waals surface area contributed by atoms with Crippen LogP contribution in [0.25, 0.3) is 0 Å². The number of nitrogens with one attached hydrogen (secondary N) is 1. The van der Waals surface area contributed by atoms with Gasteiger partial charge in [0.25, 0.3) is 23.3 Å². The predicted octanol–water partition coefficient (Wildman–Crippen LogP) is 2.50. The molecule has 0 saturated carbocycles. The predicted molar refractivity (Wildman–Crippen MR) is 119 cm³/mol. The van der Waals surface area contributed by atoms with Crippen LogP contribution in [0, 0.1) is 0 Å². The van der Waals surface area contributed by atoms with Gasteiger partial charge in [-0.1, -0.05) is 23.7 Å². The summed E-state index contributed by atoms with van der Waals surface area (Å²) in [4.78, 5) is 60.0. The highest BCUT2D eigenvalue weighted by molar-refractivity contribution is 6.30. The van der Waals surface area contributed by atoms with Crippen LogP contribution >= 0.6 is 11.6 Å². The number of pyridine rings is 1. The summed E-state index contributed by atoms with van der Waals surface area (Å²) in [6.45, 7) is 0.989. The molecule has 0 aliphatic carbocycles. The van der Waals surface area contributed by atoms with Gasteiger partial charge in [-0.3, -0.25) is 24.1 Å². The minimum atomic E-state index is -0.469. The normalized spacial score (nSPS) is 16.4. The van der Waals surface area contributed by atoms with E-state index in [4.69, 9.17) is 11.6 Å². The van der Waals surface area contributed by atoms with Gasteiger partial charge >= 0.3 is 0 Å². The molecule has 1 N–H and O–H groups in total. The number of aromatic nitrogens is 3. The number of aromatic amines is 1. The van der Waals surface area contributed by atoms with Crippen molar-refractivity contribution in [2.75, 3.05) is 13.1 Å². The molecule has 10 heteroatoms. The Morgan fingerprint density at radius 2 is 1.76 bits per heavy atom. The lowest BCUT2D eigenvalue weighted by atomic mass is 9.95. The molecule has 2 aliphatic rings. The zero-order valence-corrected chi connectivity index (χ0v) is 18.3.